The minimum absolute atomic E-state index is 0.0912. The van der Waals surface area contributed by atoms with Crippen LogP contribution in [0.1, 0.15) is 22.6 Å². The standard InChI is InChI=1S/C19H21N3O4S/c1-12-8-13(2)18(14(3)9-12)27(23,24)20-11-17-21-22-19(26-17)15-6-5-7-16(10-15)25-4/h5-10,20H,11H2,1-4H3. The number of sulfonamides is 1. The molecule has 1 aromatic heterocycles. The van der Waals surface area contributed by atoms with Crippen molar-refractivity contribution in [2.75, 3.05) is 7.11 Å². The average molecular weight is 387 g/mol. The van der Waals surface area contributed by atoms with Crippen LogP contribution in [-0.2, 0) is 16.6 Å². The molecule has 0 saturated carbocycles. The fourth-order valence-electron chi connectivity index (χ4n) is 3.02. The van der Waals surface area contributed by atoms with Crippen molar-refractivity contribution in [2.45, 2.75) is 32.2 Å². The van der Waals surface area contributed by atoms with Crippen molar-refractivity contribution in [1.29, 1.82) is 0 Å². The molecule has 0 spiro atoms. The van der Waals surface area contributed by atoms with Crippen LogP contribution in [-0.4, -0.2) is 25.7 Å². The van der Waals surface area contributed by atoms with Gasteiger partial charge in [0.2, 0.25) is 21.8 Å². The minimum Gasteiger partial charge on any atom is -0.497 e. The average Bonchev–Trinajstić information content (AvgIpc) is 3.08. The molecule has 3 aromatic rings. The molecule has 3 rings (SSSR count). The van der Waals surface area contributed by atoms with Gasteiger partial charge in [0.05, 0.1) is 18.6 Å². The van der Waals surface area contributed by atoms with Gasteiger partial charge >= 0.3 is 0 Å². The molecule has 27 heavy (non-hydrogen) atoms. The third-order valence-electron chi connectivity index (χ3n) is 4.07. The summed E-state index contributed by atoms with van der Waals surface area (Å²) in [6.45, 7) is 5.40. The van der Waals surface area contributed by atoms with Crippen molar-refractivity contribution < 1.29 is 17.6 Å². The van der Waals surface area contributed by atoms with Crippen LogP contribution in [0.4, 0.5) is 0 Å². The summed E-state index contributed by atoms with van der Waals surface area (Å²) in [6.07, 6.45) is 0. The van der Waals surface area contributed by atoms with Crippen LogP contribution in [0.15, 0.2) is 45.7 Å². The van der Waals surface area contributed by atoms with Crippen molar-refractivity contribution in [2.24, 2.45) is 0 Å². The molecular formula is C19H21N3O4S. The number of nitrogens with zero attached hydrogens (tertiary/aromatic N) is 2. The summed E-state index contributed by atoms with van der Waals surface area (Å²) in [4.78, 5) is 0.278. The highest BCUT2D eigenvalue weighted by Gasteiger charge is 2.21. The third kappa shape index (κ3) is 4.17. The monoisotopic (exact) mass is 387 g/mol. The highest BCUT2D eigenvalue weighted by Crippen LogP contribution is 2.24. The van der Waals surface area contributed by atoms with E-state index in [0.717, 1.165) is 5.56 Å². The summed E-state index contributed by atoms with van der Waals surface area (Å²) in [6, 6.07) is 10.9. The van der Waals surface area contributed by atoms with Crippen LogP contribution in [0.5, 0.6) is 5.75 Å². The predicted octanol–water partition coefficient (Wildman–Crippen LogP) is 3.15. The van der Waals surface area contributed by atoms with Crippen LogP contribution in [0.25, 0.3) is 11.5 Å². The molecule has 8 heteroatoms. The van der Waals surface area contributed by atoms with Crippen LogP contribution >= 0.6 is 0 Å². The van der Waals surface area contributed by atoms with Gasteiger partial charge in [-0.05, 0) is 50.1 Å². The van der Waals surface area contributed by atoms with Gasteiger partial charge in [0, 0.05) is 5.56 Å². The predicted molar refractivity (Wildman–Crippen MR) is 101 cm³/mol. The van der Waals surface area contributed by atoms with Gasteiger partial charge in [-0.15, -0.1) is 10.2 Å². The number of nitrogens with one attached hydrogen (secondary N) is 1. The van der Waals surface area contributed by atoms with Crippen molar-refractivity contribution in [3.63, 3.8) is 0 Å². The Kier molecular flexibility index (Phi) is 5.29. The zero-order valence-corrected chi connectivity index (χ0v) is 16.4. The number of methoxy groups -OCH3 is 1. The molecule has 1 heterocycles. The highest BCUT2D eigenvalue weighted by molar-refractivity contribution is 7.89. The molecule has 0 unspecified atom stereocenters. The third-order valence-corrected chi connectivity index (χ3v) is 5.78. The van der Waals surface area contributed by atoms with E-state index in [2.05, 4.69) is 14.9 Å². The van der Waals surface area contributed by atoms with Gasteiger partial charge in [0.25, 0.3) is 0 Å². The molecule has 0 aliphatic heterocycles. The van der Waals surface area contributed by atoms with Crippen LogP contribution in [0.2, 0.25) is 0 Å². The van der Waals surface area contributed by atoms with E-state index in [9.17, 15) is 8.42 Å². The number of benzene rings is 2. The topological polar surface area (TPSA) is 94.3 Å². The van der Waals surface area contributed by atoms with Crippen LogP contribution in [0, 0.1) is 20.8 Å². The molecule has 142 valence electrons. The van der Waals surface area contributed by atoms with E-state index in [1.165, 1.54) is 0 Å². The quantitative estimate of drug-likeness (QED) is 0.698. The van der Waals surface area contributed by atoms with E-state index < -0.39 is 10.0 Å². The molecule has 0 aliphatic carbocycles. The number of hydrogen-bond donors (Lipinski definition) is 1. The second-order valence-corrected chi connectivity index (χ2v) is 7.99. The van der Waals surface area contributed by atoms with Crippen molar-refractivity contribution in [3.05, 3.63) is 59.0 Å². The summed E-state index contributed by atoms with van der Waals surface area (Å²) in [7, 11) is -2.13. The van der Waals surface area contributed by atoms with Crippen molar-refractivity contribution in [3.8, 4) is 17.2 Å². The summed E-state index contributed by atoms with van der Waals surface area (Å²) in [5.41, 5.74) is 3.11. The van der Waals surface area contributed by atoms with E-state index in [-0.39, 0.29) is 17.3 Å². The molecular weight excluding hydrogens is 366 g/mol. The van der Waals surface area contributed by atoms with Crippen molar-refractivity contribution in [1.82, 2.24) is 14.9 Å². The van der Waals surface area contributed by atoms with E-state index in [1.54, 1.807) is 33.1 Å². The molecule has 0 amide bonds. The maximum atomic E-state index is 12.7. The molecule has 0 saturated heterocycles. The Morgan fingerprint density at radius 2 is 1.78 bits per heavy atom. The lowest BCUT2D eigenvalue weighted by molar-refractivity contribution is 0.414. The van der Waals surface area contributed by atoms with Gasteiger partial charge in [0.1, 0.15) is 5.75 Å². The second kappa shape index (κ2) is 7.50. The van der Waals surface area contributed by atoms with Gasteiger partial charge in [-0.2, -0.15) is 0 Å². The van der Waals surface area contributed by atoms with Gasteiger partial charge in [-0.1, -0.05) is 23.8 Å². The Labute approximate surface area is 158 Å². The molecule has 0 atom stereocenters. The number of aromatic nitrogens is 2. The second-order valence-electron chi connectivity index (χ2n) is 6.29. The summed E-state index contributed by atoms with van der Waals surface area (Å²) in [5, 5.41) is 7.89. The van der Waals surface area contributed by atoms with Gasteiger partial charge in [0.15, 0.2) is 0 Å². The lowest BCUT2D eigenvalue weighted by Gasteiger charge is -2.12. The first kappa shape index (κ1) is 19.1. The normalized spacial score (nSPS) is 11.6. The lowest BCUT2D eigenvalue weighted by Crippen LogP contribution is -2.25. The Hall–Kier alpha value is -2.71. The Morgan fingerprint density at radius 1 is 1.07 bits per heavy atom. The molecule has 0 aliphatic rings. The maximum absolute atomic E-state index is 12.7. The molecule has 0 radical (unpaired) electrons. The van der Waals surface area contributed by atoms with Gasteiger partial charge in [-0.25, -0.2) is 13.1 Å². The molecule has 0 fully saturated rings. The van der Waals surface area contributed by atoms with Gasteiger partial charge in [-0.3, -0.25) is 0 Å². The molecule has 2 aromatic carbocycles. The zero-order chi connectivity index (χ0) is 19.6. The van der Waals surface area contributed by atoms with E-state index >= 15 is 0 Å². The number of aryl methyl sites for hydroxylation is 3. The zero-order valence-electron chi connectivity index (χ0n) is 15.6. The first-order valence-corrected chi connectivity index (χ1v) is 9.83. The van der Waals surface area contributed by atoms with Gasteiger partial charge < -0.3 is 9.15 Å². The number of hydrogen-bond acceptors (Lipinski definition) is 6. The Bertz CT molecular complexity index is 1050. The summed E-state index contributed by atoms with van der Waals surface area (Å²) >= 11 is 0. The SMILES string of the molecule is COc1cccc(-c2nnc(CNS(=O)(=O)c3c(C)cc(C)cc3C)o2)c1. The Morgan fingerprint density at radius 3 is 2.44 bits per heavy atom. The van der Waals surface area contributed by atoms with Crippen molar-refractivity contribution >= 4 is 10.0 Å². The first-order valence-electron chi connectivity index (χ1n) is 8.34. The van der Waals surface area contributed by atoms with E-state index in [1.807, 2.05) is 31.2 Å². The fraction of sp³-hybridized carbons (Fsp3) is 0.263. The molecule has 0 bridgehead atoms. The highest BCUT2D eigenvalue weighted by atomic mass is 32.2. The number of rotatable bonds is 6. The first-order chi connectivity index (χ1) is 12.8. The van der Waals surface area contributed by atoms with Crippen LogP contribution in [0.3, 0.4) is 0 Å². The summed E-state index contributed by atoms with van der Waals surface area (Å²) < 4.78 is 38.7. The number of ether oxygens (including phenoxy) is 1. The Balaban J connectivity index is 1.78. The van der Waals surface area contributed by atoms with E-state index in [4.69, 9.17) is 9.15 Å². The largest absolute Gasteiger partial charge is 0.497 e. The molecule has 1 N–H and O–H groups in total. The minimum atomic E-state index is -3.70. The maximum Gasteiger partial charge on any atom is 0.247 e. The smallest absolute Gasteiger partial charge is 0.247 e. The summed E-state index contributed by atoms with van der Waals surface area (Å²) in [5.74, 6) is 1.14. The van der Waals surface area contributed by atoms with E-state index in [0.29, 0.717) is 28.3 Å². The van der Waals surface area contributed by atoms with Crippen LogP contribution < -0.4 is 9.46 Å². The molecule has 7 nitrogen and oxygen atoms in total. The lowest BCUT2D eigenvalue weighted by atomic mass is 10.1. The fourth-order valence-corrected chi connectivity index (χ4v) is 4.44.